The number of rotatable bonds is 5. The van der Waals surface area contributed by atoms with Crippen LogP contribution in [0.15, 0.2) is 41.0 Å². The van der Waals surface area contributed by atoms with Crippen molar-refractivity contribution in [1.82, 2.24) is 0 Å². The number of anilines is 1. The fourth-order valence-corrected chi connectivity index (χ4v) is 2.77. The van der Waals surface area contributed by atoms with Crippen molar-refractivity contribution in [2.45, 2.75) is 37.9 Å². The number of hydrogen-bond donors (Lipinski definition) is 3. The van der Waals surface area contributed by atoms with Gasteiger partial charge in [-0.15, -0.1) is 0 Å². The first-order valence-corrected chi connectivity index (χ1v) is 8.11. The molecule has 1 amide bonds. The average molecular weight is 345 g/mol. The Kier molecular flexibility index (Phi) is 5.04. The topological polar surface area (TPSA) is 109 Å². The molecule has 0 saturated heterocycles. The van der Waals surface area contributed by atoms with Crippen molar-refractivity contribution in [3.05, 3.63) is 47.9 Å². The maximum atomic E-state index is 12.0. The summed E-state index contributed by atoms with van der Waals surface area (Å²) in [5.74, 6) is -1.16. The van der Waals surface area contributed by atoms with Gasteiger partial charge in [-0.1, -0.05) is 6.42 Å². The van der Waals surface area contributed by atoms with Crippen LogP contribution in [0.25, 0.3) is 0 Å². The zero-order valence-electron chi connectivity index (χ0n) is 13.5. The molecule has 1 aromatic heterocycles. The third-order valence-electron chi connectivity index (χ3n) is 4.14. The fourth-order valence-electron chi connectivity index (χ4n) is 2.77. The van der Waals surface area contributed by atoms with Gasteiger partial charge in [0, 0.05) is 11.8 Å². The molecule has 1 heterocycles. The Morgan fingerprint density at radius 3 is 2.52 bits per heavy atom. The minimum atomic E-state index is -1.16. The van der Waals surface area contributed by atoms with Crippen LogP contribution >= 0.6 is 0 Å². The van der Waals surface area contributed by atoms with Crippen LogP contribution in [0.4, 0.5) is 5.69 Å². The van der Waals surface area contributed by atoms with Crippen LogP contribution in [-0.4, -0.2) is 34.3 Å². The fraction of sp³-hybridized carbons (Fsp3) is 0.333. The first kappa shape index (κ1) is 17.0. The van der Waals surface area contributed by atoms with Gasteiger partial charge in [-0.2, -0.15) is 0 Å². The quantitative estimate of drug-likeness (QED) is 0.769. The monoisotopic (exact) mass is 345 g/mol. The van der Waals surface area contributed by atoms with Crippen molar-refractivity contribution < 1.29 is 29.0 Å². The molecule has 7 heteroatoms. The van der Waals surface area contributed by atoms with Crippen molar-refractivity contribution >= 4 is 17.6 Å². The normalized spacial score (nSPS) is 20.0. The standard InChI is InChI=1S/C18H19NO6/c20-14-3-1-2-4-15(14)25-13-7-5-12(6-8-13)19-17(21)16-9-11(10-24-16)18(22)23/h5-10,14-15,20H,1-4H2,(H,19,21)(H,22,23). The third-order valence-corrected chi connectivity index (χ3v) is 4.14. The molecule has 0 bridgehead atoms. The van der Waals surface area contributed by atoms with E-state index in [-0.39, 0.29) is 17.4 Å². The molecule has 0 aliphatic heterocycles. The second-order valence-corrected chi connectivity index (χ2v) is 5.99. The zero-order chi connectivity index (χ0) is 17.8. The lowest BCUT2D eigenvalue weighted by Gasteiger charge is -2.28. The lowest BCUT2D eigenvalue weighted by Crippen LogP contribution is -2.34. The van der Waals surface area contributed by atoms with E-state index in [0.717, 1.165) is 31.9 Å². The number of hydrogen-bond acceptors (Lipinski definition) is 5. The van der Waals surface area contributed by atoms with Gasteiger partial charge in [-0.25, -0.2) is 4.79 Å². The van der Waals surface area contributed by atoms with Crippen molar-refractivity contribution in [2.24, 2.45) is 0 Å². The molecule has 25 heavy (non-hydrogen) atoms. The number of carboxylic acid groups (broad SMARTS) is 1. The number of carbonyl (C=O) groups is 2. The first-order chi connectivity index (χ1) is 12.0. The summed E-state index contributed by atoms with van der Waals surface area (Å²) in [6.07, 6.45) is 4.00. The van der Waals surface area contributed by atoms with Gasteiger partial charge in [0.15, 0.2) is 5.76 Å². The molecule has 1 aliphatic carbocycles. The van der Waals surface area contributed by atoms with Crippen LogP contribution in [0.2, 0.25) is 0 Å². The van der Waals surface area contributed by atoms with Crippen LogP contribution < -0.4 is 10.1 Å². The number of aliphatic hydroxyl groups is 1. The lowest BCUT2D eigenvalue weighted by atomic mass is 9.95. The minimum Gasteiger partial charge on any atom is -0.488 e. The number of furan rings is 1. The number of ether oxygens (including phenoxy) is 1. The van der Waals surface area contributed by atoms with E-state index >= 15 is 0 Å². The van der Waals surface area contributed by atoms with E-state index in [4.69, 9.17) is 14.3 Å². The van der Waals surface area contributed by atoms with Crippen molar-refractivity contribution in [3.8, 4) is 5.75 Å². The van der Waals surface area contributed by atoms with Crippen LogP contribution in [0, 0.1) is 0 Å². The maximum Gasteiger partial charge on any atom is 0.338 e. The molecule has 3 N–H and O–H groups in total. The van der Waals surface area contributed by atoms with E-state index in [1.165, 1.54) is 6.07 Å². The Hall–Kier alpha value is -2.80. The first-order valence-electron chi connectivity index (χ1n) is 8.11. The average Bonchev–Trinajstić information content (AvgIpc) is 3.09. The van der Waals surface area contributed by atoms with Gasteiger partial charge in [-0.3, -0.25) is 4.79 Å². The third kappa shape index (κ3) is 4.19. The van der Waals surface area contributed by atoms with E-state index in [2.05, 4.69) is 5.32 Å². The smallest absolute Gasteiger partial charge is 0.338 e. The highest BCUT2D eigenvalue weighted by molar-refractivity contribution is 6.03. The molecule has 2 atom stereocenters. The van der Waals surface area contributed by atoms with E-state index in [9.17, 15) is 14.7 Å². The highest BCUT2D eigenvalue weighted by Gasteiger charge is 2.24. The molecule has 2 aromatic rings. The van der Waals surface area contributed by atoms with E-state index in [1.54, 1.807) is 24.3 Å². The number of nitrogens with one attached hydrogen (secondary N) is 1. The molecule has 7 nitrogen and oxygen atoms in total. The van der Waals surface area contributed by atoms with Gasteiger partial charge < -0.3 is 24.7 Å². The molecule has 3 rings (SSSR count). The second-order valence-electron chi connectivity index (χ2n) is 5.99. The SMILES string of the molecule is O=C(O)c1coc(C(=O)Nc2ccc(OC3CCCCC3O)cc2)c1. The highest BCUT2D eigenvalue weighted by atomic mass is 16.5. The van der Waals surface area contributed by atoms with Gasteiger partial charge >= 0.3 is 5.97 Å². The Morgan fingerprint density at radius 1 is 1.16 bits per heavy atom. The van der Waals surface area contributed by atoms with Crippen molar-refractivity contribution in [1.29, 1.82) is 0 Å². The second kappa shape index (κ2) is 7.40. The van der Waals surface area contributed by atoms with Gasteiger partial charge in [0.25, 0.3) is 5.91 Å². The zero-order valence-corrected chi connectivity index (χ0v) is 13.5. The largest absolute Gasteiger partial charge is 0.488 e. The summed E-state index contributed by atoms with van der Waals surface area (Å²) in [5.41, 5.74) is 0.440. The summed E-state index contributed by atoms with van der Waals surface area (Å²) in [6.45, 7) is 0. The van der Waals surface area contributed by atoms with Gasteiger partial charge in [0.1, 0.15) is 18.1 Å². The summed E-state index contributed by atoms with van der Waals surface area (Å²) in [7, 11) is 0. The molecule has 0 spiro atoms. The van der Waals surface area contributed by atoms with Gasteiger partial charge in [0.2, 0.25) is 0 Å². The molecule has 1 saturated carbocycles. The van der Waals surface area contributed by atoms with Crippen LogP contribution in [0.3, 0.4) is 0 Å². The van der Waals surface area contributed by atoms with Gasteiger partial charge in [0.05, 0.1) is 11.7 Å². The molecule has 1 fully saturated rings. The molecule has 1 aliphatic rings. The number of carbonyl (C=O) groups excluding carboxylic acids is 1. The maximum absolute atomic E-state index is 12.0. The Balaban J connectivity index is 1.60. The van der Waals surface area contributed by atoms with E-state index in [0.29, 0.717) is 11.4 Å². The van der Waals surface area contributed by atoms with Crippen molar-refractivity contribution in [3.63, 3.8) is 0 Å². The Morgan fingerprint density at radius 2 is 1.88 bits per heavy atom. The Bertz CT molecular complexity index is 751. The van der Waals surface area contributed by atoms with Crippen LogP contribution in [0.1, 0.15) is 46.6 Å². The summed E-state index contributed by atoms with van der Waals surface area (Å²) < 4.78 is 10.7. The van der Waals surface area contributed by atoms with Crippen molar-refractivity contribution in [2.75, 3.05) is 5.32 Å². The minimum absolute atomic E-state index is 0.0805. The summed E-state index contributed by atoms with van der Waals surface area (Å²) in [5, 5.41) is 21.4. The predicted molar refractivity (Wildman–Crippen MR) is 89.0 cm³/mol. The molecule has 132 valence electrons. The van der Waals surface area contributed by atoms with Crippen LogP contribution in [-0.2, 0) is 0 Å². The lowest BCUT2D eigenvalue weighted by molar-refractivity contribution is 0.00688. The number of aliphatic hydroxyl groups excluding tert-OH is 1. The number of carboxylic acids is 1. The molecule has 0 radical (unpaired) electrons. The molecule has 1 aromatic carbocycles. The number of benzene rings is 1. The van der Waals surface area contributed by atoms with Crippen LogP contribution in [0.5, 0.6) is 5.75 Å². The van der Waals surface area contributed by atoms with E-state index in [1.807, 2.05) is 0 Å². The number of aromatic carboxylic acids is 1. The molecule has 2 unspecified atom stereocenters. The summed E-state index contributed by atoms with van der Waals surface area (Å²) in [6, 6.07) is 7.93. The summed E-state index contributed by atoms with van der Waals surface area (Å²) >= 11 is 0. The van der Waals surface area contributed by atoms with Gasteiger partial charge in [-0.05, 0) is 43.5 Å². The number of amides is 1. The highest BCUT2D eigenvalue weighted by Crippen LogP contribution is 2.25. The van der Waals surface area contributed by atoms with E-state index < -0.39 is 18.0 Å². The molecular formula is C18H19NO6. The predicted octanol–water partition coefficient (Wildman–Crippen LogP) is 2.91. The summed E-state index contributed by atoms with van der Waals surface area (Å²) in [4.78, 5) is 22.8. The Labute approximate surface area is 144 Å². The molecular weight excluding hydrogens is 326 g/mol.